The zero-order valence-corrected chi connectivity index (χ0v) is 14.1. The molecule has 0 spiro atoms. The molecule has 0 saturated heterocycles. The summed E-state index contributed by atoms with van der Waals surface area (Å²) in [6, 6.07) is 0. The molecule has 4 heteroatoms. The Morgan fingerprint density at radius 1 is 1.40 bits per heavy atom. The highest BCUT2D eigenvalue weighted by molar-refractivity contribution is 7.11. The summed E-state index contributed by atoms with van der Waals surface area (Å²) in [7, 11) is 1.77. The summed E-state index contributed by atoms with van der Waals surface area (Å²) in [5.41, 5.74) is 1.37. The average Bonchev–Trinajstić information content (AvgIpc) is 2.81. The third kappa shape index (κ3) is 4.27. The third-order valence-corrected chi connectivity index (χ3v) is 5.08. The Bertz CT molecular complexity index is 417. The first-order valence-corrected chi connectivity index (χ1v) is 8.63. The molecule has 0 aliphatic heterocycles. The standard InChI is InChI=1S/C16H28N2OS/c1-11(2)9-17-10-13-6-5-7-14-16(13)18-15(20-14)8-12(3)19-4/h11-13,17H,5-10H2,1-4H3. The second-order valence-electron chi connectivity index (χ2n) is 6.31. The first kappa shape index (κ1) is 15.9. The van der Waals surface area contributed by atoms with Crippen LogP contribution in [-0.4, -0.2) is 31.3 Å². The van der Waals surface area contributed by atoms with Gasteiger partial charge in [0.15, 0.2) is 0 Å². The number of thiazole rings is 1. The number of hydrogen-bond acceptors (Lipinski definition) is 4. The van der Waals surface area contributed by atoms with Crippen molar-refractivity contribution in [3.8, 4) is 0 Å². The minimum Gasteiger partial charge on any atom is -0.381 e. The minimum atomic E-state index is 0.264. The molecule has 0 bridgehead atoms. The lowest BCUT2D eigenvalue weighted by Crippen LogP contribution is -2.27. The molecule has 1 heterocycles. The largest absolute Gasteiger partial charge is 0.381 e. The molecule has 0 aromatic carbocycles. The van der Waals surface area contributed by atoms with Crippen molar-refractivity contribution in [2.75, 3.05) is 20.2 Å². The molecule has 0 radical (unpaired) electrons. The lowest BCUT2D eigenvalue weighted by Gasteiger charge is -2.22. The predicted octanol–water partition coefficient (Wildman–Crippen LogP) is 3.39. The van der Waals surface area contributed by atoms with Gasteiger partial charge in [-0.3, -0.25) is 0 Å². The molecule has 0 saturated carbocycles. The summed E-state index contributed by atoms with van der Waals surface area (Å²) in [6.45, 7) is 8.80. The van der Waals surface area contributed by atoms with Gasteiger partial charge in [-0.25, -0.2) is 4.98 Å². The van der Waals surface area contributed by atoms with Crippen LogP contribution in [0.3, 0.4) is 0 Å². The van der Waals surface area contributed by atoms with Gasteiger partial charge in [0.25, 0.3) is 0 Å². The van der Waals surface area contributed by atoms with Gasteiger partial charge in [-0.1, -0.05) is 13.8 Å². The van der Waals surface area contributed by atoms with E-state index >= 15 is 0 Å². The van der Waals surface area contributed by atoms with Crippen LogP contribution in [0, 0.1) is 5.92 Å². The number of aryl methyl sites for hydroxylation is 1. The average molecular weight is 296 g/mol. The Hall–Kier alpha value is -0.450. The number of ether oxygens (including phenoxy) is 1. The highest BCUT2D eigenvalue weighted by Gasteiger charge is 2.24. The molecular formula is C16H28N2OS. The molecule has 1 aromatic rings. The van der Waals surface area contributed by atoms with E-state index in [0.29, 0.717) is 11.8 Å². The molecule has 3 nitrogen and oxygen atoms in total. The highest BCUT2D eigenvalue weighted by Crippen LogP contribution is 2.34. The van der Waals surface area contributed by atoms with E-state index in [1.54, 1.807) is 7.11 Å². The lowest BCUT2D eigenvalue weighted by atomic mass is 9.91. The van der Waals surface area contributed by atoms with Gasteiger partial charge in [-0.15, -0.1) is 11.3 Å². The Kier molecular flexibility index (Phi) is 6.00. The second kappa shape index (κ2) is 7.53. The molecule has 2 unspecified atom stereocenters. The van der Waals surface area contributed by atoms with Crippen LogP contribution in [0.1, 0.15) is 55.1 Å². The van der Waals surface area contributed by atoms with E-state index in [2.05, 4.69) is 26.1 Å². The minimum absolute atomic E-state index is 0.264. The zero-order chi connectivity index (χ0) is 14.5. The van der Waals surface area contributed by atoms with Gasteiger partial charge < -0.3 is 10.1 Å². The van der Waals surface area contributed by atoms with E-state index in [4.69, 9.17) is 9.72 Å². The summed E-state index contributed by atoms with van der Waals surface area (Å²) in [6.07, 6.45) is 5.01. The number of hydrogen-bond donors (Lipinski definition) is 1. The van der Waals surface area contributed by atoms with Crippen LogP contribution < -0.4 is 5.32 Å². The Labute approximate surface area is 127 Å². The van der Waals surface area contributed by atoms with Gasteiger partial charge in [0, 0.05) is 30.9 Å². The lowest BCUT2D eigenvalue weighted by molar-refractivity contribution is 0.118. The van der Waals surface area contributed by atoms with Crippen LogP contribution in [0.5, 0.6) is 0 Å². The van der Waals surface area contributed by atoms with Crippen LogP contribution in [0.2, 0.25) is 0 Å². The summed E-state index contributed by atoms with van der Waals surface area (Å²) in [5.74, 6) is 1.33. The Morgan fingerprint density at radius 2 is 2.20 bits per heavy atom. The van der Waals surface area contributed by atoms with Crippen LogP contribution in [0.25, 0.3) is 0 Å². The molecule has 0 amide bonds. The van der Waals surface area contributed by atoms with Crippen molar-refractivity contribution in [1.82, 2.24) is 10.3 Å². The van der Waals surface area contributed by atoms with E-state index in [9.17, 15) is 0 Å². The number of nitrogens with one attached hydrogen (secondary N) is 1. The Balaban J connectivity index is 1.99. The molecule has 1 N–H and O–H groups in total. The number of nitrogens with zero attached hydrogens (tertiary/aromatic N) is 1. The van der Waals surface area contributed by atoms with E-state index in [0.717, 1.165) is 19.5 Å². The molecule has 1 aromatic heterocycles. The van der Waals surface area contributed by atoms with E-state index in [1.807, 2.05) is 11.3 Å². The van der Waals surface area contributed by atoms with Crippen molar-refractivity contribution < 1.29 is 4.74 Å². The molecule has 1 aliphatic rings. The molecular weight excluding hydrogens is 268 g/mol. The normalized spacial score (nSPS) is 20.1. The fourth-order valence-electron chi connectivity index (χ4n) is 2.72. The van der Waals surface area contributed by atoms with Crippen molar-refractivity contribution >= 4 is 11.3 Å². The van der Waals surface area contributed by atoms with Crippen molar-refractivity contribution in [1.29, 1.82) is 0 Å². The SMILES string of the molecule is COC(C)Cc1nc2c(s1)CCCC2CNCC(C)C. The maximum Gasteiger partial charge on any atom is 0.0956 e. The first-order valence-electron chi connectivity index (χ1n) is 7.82. The predicted molar refractivity (Wildman–Crippen MR) is 85.7 cm³/mol. The molecule has 114 valence electrons. The topological polar surface area (TPSA) is 34.1 Å². The molecule has 0 fully saturated rings. The van der Waals surface area contributed by atoms with E-state index < -0.39 is 0 Å². The number of aromatic nitrogens is 1. The number of methoxy groups -OCH3 is 1. The van der Waals surface area contributed by atoms with Gasteiger partial charge in [-0.05, 0) is 38.6 Å². The summed E-state index contributed by atoms with van der Waals surface area (Å²) >= 11 is 1.90. The maximum absolute atomic E-state index is 5.36. The van der Waals surface area contributed by atoms with Crippen molar-refractivity contribution in [3.05, 3.63) is 15.6 Å². The Morgan fingerprint density at radius 3 is 2.90 bits per heavy atom. The van der Waals surface area contributed by atoms with Gasteiger partial charge in [0.1, 0.15) is 0 Å². The summed E-state index contributed by atoms with van der Waals surface area (Å²) in [4.78, 5) is 6.44. The van der Waals surface area contributed by atoms with Crippen molar-refractivity contribution in [2.45, 2.75) is 58.5 Å². The van der Waals surface area contributed by atoms with Gasteiger partial charge in [-0.2, -0.15) is 0 Å². The van der Waals surface area contributed by atoms with E-state index in [-0.39, 0.29) is 6.10 Å². The fraction of sp³-hybridized carbons (Fsp3) is 0.812. The van der Waals surface area contributed by atoms with Crippen LogP contribution in [0.4, 0.5) is 0 Å². The smallest absolute Gasteiger partial charge is 0.0956 e. The molecule has 2 atom stereocenters. The maximum atomic E-state index is 5.36. The van der Waals surface area contributed by atoms with Crippen molar-refractivity contribution in [3.63, 3.8) is 0 Å². The van der Waals surface area contributed by atoms with Crippen molar-refractivity contribution in [2.24, 2.45) is 5.92 Å². The van der Waals surface area contributed by atoms with Crippen LogP contribution in [-0.2, 0) is 17.6 Å². The molecule has 1 aliphatic carbocycles. The fourth-order valence-corrected chi connectivity index (χ4v) is 4.03. The quantitative estimate of drug-likeness (QED) is 0.837. The third-order valence-electron chi connectivity index (χ3n) is 3.92. The molecule has 20 heavy (non-hydrogen) atoms. The zero-order valence-electron chi connectivity index (χ0n) is 13.2. The summed E-state index contributed by atoms with van der Waals surface area (Å²) < 4.78 is 5.36. The molecule has 2 rings (SSSR count). The van der Waals surface area contributed by atoms with E-state index in [1.165, 1.54) is 34.8 Å². The summed E-state index contributed by atoms with van der Waals surface area (Å²) in [5, 5.41) is 4.85. The monoisotopic (exact) mass is 296 g/mol. The number of fused-ring (bicyclic) bond motifs is 1. The highest BCUT2D eigenvalue weighted by atomic mass is 32.1. The van der Waals surface area contributed by atoms with Gasteiger partial charge in [0.05, 0.1) is 16.8 Å². The second-order valence-corrected chi connectivity index (χ2v) is 7.48. The number of rotatable bonds is 7. The van der Waals surface area contributed by atoms with Gasteiger partial charge in [0.2, 0.25) is 0 Å². The van der Waals surface area contributed by atoms with Crippen LogP contribution >= 0.6 is 11.3 Å². The van der Waals surface area contributed by atoms with Crippen LogP contribution in [0.15, 0.2) is 0 Å². The van der Waals surface area contributed by atoms with Gasteiger partial charge >= 0.3 is 0 Å². The first-order chi connectivity index (χ1) is 9.60.